The maximum absolute atomic E-state index is 5.76. The minimum atomic E-state index is 0.594. The molecule has 0 bridgehead atoms. The molecule has 0 saturated carbocycles. The number of hydrogen-bond acceptors (Lipinski definition) is 2. The van der Waals surface area contributed by atoms with Gasteiger partial charge in [0.2, 0.25) is 0 Å². The lowest BCUT2D eigenvalue weighted by atomic mass is 10.1. The third-order valence-electron chi connectivity index (χ3n) is 2.48. The van der Waals surface area contributed by atoms with Crippen LogP contribution in [0.5, 0.6) is 0 Å². The fourth-order valence-corrected chi connectivity index (χ4v) is 2.67. The van der Waals surface area contributed by atoms with Gasteiger partial charge < -0.3 is 5.73 Å². The van der Waals surface area contributed by atoms with Crippen LogP contribution in [-0.4, -0.2) is 0 Å². The fraction of sp³-hybridized carbons (Fsp3) is 0.143. The summed E-state index contributed by atoms with van der Waals surface area (Å²) in [5.41, 5.74) is 8.27. The number of rotatable bonds is 3. The first-order valence-corrected chi connectivity index (χ1v) is 6.14. The molecule has 2 aromatic carbocycles. The lowest BCUT2D eigenvalue weighted by Gasteiger charge is -2.10. The third kappa shape index (κ3) is 2.46. The van der Waals surface area contributed by atoms with Crippen molar-refractivity contribution < 1.29 is 0 Å². The SMILES string of the molecule is Cc1cccc(CN)c1Sc1ccccc1. The number of benzene rings is 2. The van der Waals surface area contributed by atoms with Gasteiger partial charge in [-0.15, -0.1) is 0 Å². The van der Waals surface area contributed by atoms with Gasteiger partial charge in [-0.25, -0.2) is 0 Å². The molecule has 16 heavy (non-hydrogen) atoms. The summed E-state index contributed by atoms with van der Waals surface area (Å²) in [5.74, 6) is 0. The van der Waals surface area contributed by atoms with Crippen molar-refractivity contribution in [3.8, 4) is 0 Å². The van der Waals surface area contributed by atoms with Crippen LogP contribution in [0.4, 0.5) is 0 Å². The molecule has 2 N–H and O–H groups in total. The van der Waals surface area contributed by atoms with Crippen molar-refractivity contribution in [1.82, 2.24) is 0 Å². The Morgan fingerprint density at radius 3 is 2.44 bits per heavy atom. The molecule has 0 radical (unpaired) electrons. The van der Waals surface area contributed by atoms with Gasteiger partial charge in [0, 0.05) is 16.3 Å². The van der Waals surface area contributed by atoms with Crippen LogP contribution in [0.2, 0.25) is 0 Å². The van der Waals surface area contributed by atoms with E-state index in [2.05, 4.69) is 49.4 Å². The molecule has 0 saturated heterocycles. The molecule has 0 fully saturated rings. The van der Waals surface area contributed by atoms with Crippen LogP contribution in [0.3, 0.4) is 0 Å². The first-order chi connectivity index (χ1) is 7.81. The highest BCUT2D eigenvalue weighted by molar-refractivity contribution is 7.99. The highest BCUT2D eigenvalue weighted by Gasteiger charge is 2.05. The molecule has 0 aliphatic rings. The van der Waals surface area contributed by atoms with Gasteiger partial charge in [-0.3, -0.25) is 0 Å². The summed E-state index contributed by atoms with van der Waals surface area (Å²) in [6.45, 7) is 2.72. The van der Waals surface area contributed by atoms with E-state index in [-0.39, 0.29) is 0 Å². The molecule has 2 aromatic rings. The molecule has 82 valence electrons. The monoisotopic (exact) mass is 229 g/mol. The third-order valence-corrected chi connectivity index (χ3v) is 3.77. The lowest BCUT2D eigenvalue weighted by Crippen LogP contribution is -1.99. The summed E-state index contributed by atoms with van der Waals surface area (Å²) in [7, 11) is 0. The zero-order valence-corrected chi connectivity index (χ0v) is 10.1. The normalized spacial score (nSPS) is 10.4. The Labute approximate surface area is 101 Å². The summed E-state index contributed by atoms with van der Waals surface area (Å²) in [5, 5.41) is 0. The zero-order chi connectivity index (χ0) is 11.4. The van der Waals surface area contributed by atoms with E-state index in [9.17, 15) is 0 Å². The average Bonchev–Trinajstić information content (AvgIpc) is 2.33. The largest absolute Gasteiger partial charge is 0.326 e. The molecule has 0 spiro atoms. The van der Waals surface area contributed by atoms with Gasteiger partial charge in [0.25, 0.3) is 0 Å². The fourth-order valence-electron chi connectivity index (χ4n) is 1.63. The second-order valence-corrected chi connectivity index (χ2v) is 4.77. The van der Waals surface area contributed by atoms with Crippen molar-refractivity contribution in [3.05, 3.63) is 59.7 Å². The van der Waals surface area contributed by atoms with Crippen LogP contribution >= 0.6 is 11.8 Å². The summed E-state index contributed by atoms with van der Waals surface area (Å²) < 4.78 is 0. The van der Waals surface area contributed by atoms with Crippen LogP contribution in [0.25, 0.3) is 0 Å². The van der Waals surface area contributed by atoms with E-state index in [0.717, 1.165) is 0 Å². The van der Waals surface area contributed by atoms with E-state index in [4.69, 9.17) is 5.73 Å². The molecule has 2 rings (SSSR count). The minimum Gasteiger partial charge on any atom is -0.326 e. The van der Waals surface area contributed by atoms with Crippen LogP contribution in [-0.2, 0) is 6.54 Å². The van der Waals surface area contributed by atoms with E-state index in [1.807, 2.05) is 6.07 Å². The maximum Gasteiger partial charge on any atom is 0.0196 e. The first-order valence-electron chi connectivity index (χ1n) is 5.32. The molecule has 0 amide bonds. The van der Waals surface area contributed by atoms with Gasteiger partial charge in [0.05, 0.1) is 0 Å². The number of aryl methyl sites for hydroxylation is 1. The van der Waals surface area contributed by atoms with E-state index < -0.39 is 0 Å². The van der Waals surface area contributed by atoms with Gasteiger partial charge in [-0.1, -0.05) is 48.2 Å². The lowest BCUT2D eigenvalue weighted by molar-refractivity contribution is 1.01. The van der Waals surface area contributed by atoms with Crippen molar-refractivity contribution in [3.63, 3.8) is 0 Å². The molecule has 0 aliphatic carbocycles. The quantitative estimate of drug-likeness (QED) is 0.870. The zero-order valence-electron chi connectivity index (χ0n) is 9.31. The Kier molecular flexibility index (Phi) is 3.65. The predicted molar refractivity (Wildman–Crippen MR) is 69.6 cm³/mol. The smallest absolute Gasteiger partial charge is 0.0196 e. The number of nitrogens with two attached hydrogens (primary N) is 1. The van der Waals surface area contributed by atoms with Crippen molar-refractivity contribution in [2.75, 3.05) is 0 Å². The van der Waals surface area contributed by atoms with Crippen LogP contribution < -0.4 is 5.73 Å². The highest BCUT2D eigenvalue weighted by atomic mass is 32.2. The van der Waals surface area contributed by atoms with Gasteiger partial charge >= 0.3 is 0 Å². The molecule has 2 heteroatoms. The Bertz CT molecular complexity index is 465. The van der Waals surface area contributed by atoms with E-state index in [1.54, 1.807) is 11.8 Å². The van der Waals surface area contributed by atoms with Gasteiger partial charge in [0.1, 0.15) is 0 Å². The summed E-state index contributed by atoms with van der Waals surface area (Å²) in [6.07, 6.45) is 0. The second kappa shape index (κ2) is 5.19. The molecule has 0 aliphatic heterocycles. The summed E-state index contributed by atoms with van der Waals surface area (Å²) >= 11 is 1.79. The molecular formula is C14H15NS. The molecule has 1 nitrogen and oxygen atoms in total. The molecule has 0 atom stereocenters. The first kappa shape index (κ1) is 11.2. The van der Waals surface area contributed by atoms with Crippen LogP contribution in [0, 0.1) is 6.92 Å². The van der Waals surface area contributed by atoms with Crippen molar-refractivity contribution in [1.29, 1.82) is 0 Å². The van der Waals surface area contributed by atoms with Gasteiger partial charge in [-0.05, 0) is 30.2 Å². The predicted octanol–water partition coefficient (Wildman–Crippen LogP) is 3.60. The van der Waals surface area contributed by atoms with Crippen molar-refractivity contribution in [2.45, 2.75) is 23.3 Å². The summed E-state index contributed by atoms with van der Waals surface area (Å²) in [4.78, 5) is 2.54. The Hall–Kier alpha value is -1.25. The Balaban J connectivity index is 2.34. The minimum absolute atomic E-state index is 0.594. The van der Waals surface area contributed by atoms with E-state index in [0.29, 0.717) is 6.54 Å². The molecule has 0 unspecified atom stereocenters. The molecular weight excluding hydrogens is 214 g/mol. The second-order valence-electron chi connectivity index (χ2n) is 3.68. The number of hydrogen-bond donors (Lipinski definition) is 1. The topological polar surface area (TPSA) is 26.0 Å². The Morgan fingerprint density at radius 1 is 1.00 bits per heavy atom. The standard InChI is InChI=1S/C14H15NS/c1-11-6-5-7-12(10-15)14(11)16-13-8-3-2-4-9-13/h2-9H,10,15H2,1H3. The van der Waals surface area contributed by atoms with Crippen LogP contribution in [0.1, 0.15) is 11.1 Å². The van der Waals surface area contributed by atoms with Crippen LogP contribution in [0.15, 0.2) is 58.3 Å². The average molecular weight is 229 g/mol. The molecule has 0 heterocycles. The Morgan fingerprint density at radius 2 is 1.75 bits per heavy atom. The van der Waals surface area contributed by atoms with Crippen molar-refractivity contribution >= 4 is 11.8 Å². The van der Waals surface area contributed by atoms with E-state index >= 15 is 0 Å². The van der Waals surface area contributed by atoms with Gasteiger partial charge in [-0.2, -0.15) is 0 Å². The molecule has 0 aromatic heterocycles. The van der Waals surface area contributed by atoms with Crippen molar-refractivity contribution in [2.24, 2.45) is 5.73 Å². The highest BCUT2D eigenvalue weighted by Crippen LogP contribution is 2.32. The van der Waals surface area contributed by atoms with E-state index in [1.165, 1.54) is 20.9 Å². The summed E-state index contributed by atoms with van der Waals surface area (Å²) in [6, 6.07) is 16.7. The van der Waals surface area contributed by atoms with Gasteiger partial charge in [0.15, 0.2) is 0 Å². The maximum atomic E-state index is 5.76.